The third-order valence-corrected chi connectivity index (χ3v) is 4.25. The molecule has 3 rings (SSSR count). The molecule has 1 N–H and O–H groups in total. The minimum Gasteiger partial charge on any atom is -0.334 e. The summed E-state index contributed by atoms with van der Waals surface area (Å²) in [5.74, 6) is 0.740. The Morgan fingerprint density at radius 3 is 2.58 bits per heavy atom. The zero-order chi connectivity index (χ0) is 18.5. The van der Waals surface area contributed by atoms with Crippen molar-refractivity contribution in [3.05, 3.63) is 71.8 Å². The number of amides is 2. The van der Waals surface area contributed by atoms with Crippen molar-refractivity contribution in [2.45, 2.75) is 20.0 Å². The SMILES string of the molecule is Cc1cccc(-c2cccc(CNC(=O)N(C)Cc3ncnn3C)c2)c1. The molecule has 2 aromatic carbocycles. The predicted molar refractivity (Wildman–Crippen MR) is 101 cm³/mol. The van der Waals surface area contributed by atoms with Crippen LogP contribution in [0.4, 0.5) is 4.79 Å². The molecule has 0 bridgehead atoms. The zero-order valence-corrected chi connectivity index (χ0v) is 15.3. The van der Waals surface area contributed by atoms with E-state index < -0.39 is 0 Å². The molecule has 0 fully saturated rings. The van der Waals surface area contributed by atoms with E-state index in [9.17, 15) is 4.79 Å². The van der Waals surface area contributed by atoms with Gasteiger partial charge in [0, 0.05) is 20.6 Å². The van der Waals surface area contributed by atoms with Crippen molar-refractivity contribution in [1.82, 2.24) is 25.0 Å². The molecular formula is C20H23N5O. The Morgan fingerprint density at radius 1 is 1.15 bits per heavy atom. The van der Waals surface area contributed by atoms with Crippen molar-refractivity contribution in [3.63, 3.8) is 0 Å². The highest BCUT2D eigenvalue weighted by molar-refractivity contribution is 5.74. The fourth-order valence-corrected chi connectivity index (χ4v) is 2.75. The number of hydrogen-bond donors (Lipinski definition) is 1. The summed E-state index contributed by atoms with van der Waals surface area (Å²) in [6.45, 7) is 2.97. The van der Waals surface area contributed by atoms with Gasteiger partial charge in [0.25, 0.3) is 0 Å². The van der Waals surface area contributed by atoms with Crippen LogP contribution in [-0.2, 0) is 20.1 Å². The number of aromatic nitrogens is 3. The molecule has 134 valence electrons. The van der Waals surface area contributed by atoms with Crippen molar-refractivity contribution in [2.75, 3.05) is 7.05 Å². The van der Waals surface area contributed by atoms with Crippen LogP contribution in [-0.4, -0.2) is 32.7 Å². The van der Waals surface area contributed by atoms with E-state index in [2.05, 4.69) is 58.7 Å². The molecule has 26 heavy (non-hydrogen) atoms. The van der Waals surface area contributed by atoms with Gasteiger partial charge in [0.1, 0.15) is 12.2 Å². The Morgan fingerprint density at radius 2 is 1.88 bits per heavy atom. The zero-order valence-electron chi connectivity index (χ0n) is 15.3. The summed E-state index contributed by atoms with van der Waals surface area (Å²) in [4.78, 5) is 18.0. The van der Waals surface area contributed by atoms with Crippen molar-refractivity contribution in [1.29, 1.82) is 0 Å². The molecule has 6 nitrogen and oxygen atoms in total. The number of aryl methyl sites for hydroxylation is 2. The highest BCUT2D eigenvalue weighted by Gasteiger charge is 2.11. The fourth-order valence-electron chi connectivity index (χ4n) is 2.75. The summed E-state index contributed by atoms with van der Waals surface area (Å²) in [7, 11) is 3.55. The predicted octanol–water partition coefficient (Wildman–Crippen LogP) is 3.13. The lowest BCUT2D eigenvalue weighted by atomic mass is 10.0. The second-order valence-electron chi connectivity index (χ2n) is 6.38. The van der Waals surface area contributed by atoms with E-state index in [0.29, 0.717) is 13.1 Å². The van der Waals surface area contributed by atoms with E-state index in [1.807, 2.05) is 19.2 Å². The first-order valence-electron chi connectivity index (χ1n) is 8.51. The molecule has 0 aliphatic carbocycles. The van der Waals surface area contributed by atoms with Gasteiger partial charge in [0.05, 0.1) is 6.54 Å². The molecule has 1 aromatic heterocycles. The Balaban J connectivity index is 1.61. The summed E-state index contributed by atoms with van der Waals surface area (Å²) >= 11 is 0. The first-order chi connectivity index (χ1) is 12.5. The second-order valence-corrected chi connectivity index (χ2v) is 6.38. The van der Waals surface area contributed by atoms with Gasteiger partial charge in [0.15, 0.2) is 0 Å². The van der Waals surface area contributed by atoms with Crippen LogP contribution in [0, 0.1) is 6.92 Å². The van der Waals surface area contributed by atoms with Crippen LogP contribution in [0.25, 0.3) is 11.1 Å². The lowest BCUT2D eigenvalue weighted by molar-refractivity contribution is 0.204. The molecule has 0 spiro atoms. The van der Waals surface area contributed by atoms with E-state index in [1.165, 1.54) is 17.5 Å². The molecule has 0 radical (unpaired) electrons. The van der Waals surface area contributed by atoms with Crippen LogP contribution in [0.3, 0.4) is 0 Å². The van der Waals surface area contributed by atoms with Crippen LogP contribution < -0.4 is 5.32 Å². The molecule has 1 heterocycles. The van der Waals surface area contributed by atoms with Gasteiger partial charge in [-0.1, -0.05) is 48.0 Å². The molecule has 6 heteroatoms. The number of benzene rings is 2. The van der Waals surface area contributed by atoms with Gasteiger partial charge >= 0.3 is 6.03 Å². The highest BCUT2D eigenvalue weighted by Crippen LogP contribution is 2.21. The van der Waals surface area contributed by atoms with Crippen LogP contribution >= 0.6 is 0 Å². The number of carbonyl (C=O) groups excluding carboxylic acids is 1. The van der Waals surface area contributed by atoms with Gasteiger partial charge in [-0.05, 0) is 29.7 Å². The van der Waals surface area contributed by atoms with Crippen molar-refractivity contribution < 1.29 is 4.79 Å². The number of nitrogens with one attached hydrogen (secondary N) is 1. The minimum atomic E-state index is -0.144. The number of nitrogens with zero attached hydrogens (tertiary/aromatic N) is 4. The summed E-state index contributed by atoms with van der Waals surface area (Å²) in [5, 5.41) is 6.96. The molecule has 0 aliphatic rings. The van der Waals surface area contributed by atoms with Crippen LogP contribution in [0.2, 0.25) is 0 Å². The molecule has 0 saturated heterocycles. The number of rotatable bonds is 5. The van der Waals surface area contributed by atoms with Gasteiger partial charge in [-0.25, -0.2) is 9.78 Å². The number of urea groups is 1. The molecule has 0 saturated carbocycles. The largest absolute Gasteiger partial charge is 0.334 e. The molecular weight excluding hydrogens is 326 g/mol. The smallest absolute Gasteiger partial charge is 0.317 e. The number of hydrogen-bond acceptors (Lipinski definition) is 3. The molecule has 0 unspecified atom stereocenters. The quantitative estimate of drug-likeness (QED) is 0.770. The third kappa shape index (κ3) is 4.27. The first-order valence-corrected chi connectivity index (χ1v) is 8.51. The normalized spacial score (nSPS) is 10.6. The van der Waals surface area contributed by atoms with E-state index >= 15 is 0 Å². The maximum absolute atomic E-state index is 12.3. The minimum absolute atomic E-state index is 0.144. The summed E-state index contributed by atoms with van der Waals surface area (Å²) < 4.78 is 1.66. The summed E-state index contributed by atoms with van der Waals surface area (Å²) in [5.41, 5.74) is 4.61. The molecule has 0 aliphatic heterocycles. The second kappa shape index (κ2) is 7.82. The maximum atomic E-state index is 12.3. The van der Waals surface area contributed by atoms with Crippen molar-refractivity contribution in [3.8, 4) is 11.1 Å². The fraction of sp³-hybridized carbons (Fsp3) is 0.250. The first kappa shape index (κ1) is 17.7. The summed E-state index contributed by atoms with van der Waals surface area (Å²) in [6, 6.07) is 16.5. The van der Waals surface area contributed by atoms with Gasteiger partial charge in [-0.3, -0.25) is 4.68 Å². The Kier molecular flexibility index (Phi) is 5.31. The lowest BCUT2D eigenvalue weighted by Crippen LogP contribution is -2.37. The molecule has 3 aromatic rings. The standard InChI is InChI=1S/C20H23N5O/c1-15-6-4-8-17(10-15)18-9-5-7-16(11-18)12-21-20(26)24(2)13-19-22-14-23-25(19)3/h4-11,14H,12-13H2,1-3H3,(H,21,26). The third-order valence-electron chi connectivity index (χ3n) is 4.25. The van der Waals surface area contributed by atoms with E-state index in [1.54, 1.807) is 16.6 Å². The average molecular weight is 349 g/mol. The van der Waals surface area contributed by atoms with Crippen LogP contribution in [0.5, 0.6) is 0 Å². The number of carbonyl (C=O) groups is 1. The van der Waals surface area contributed by atoms with Crippen molar-refractivity contribution in [2.24, 2.45) is 7.05 Å². The molecule has 0 atom stereocenters. The van der Waals surface area contributed by atoms with E-state index in [4.69, 9.17) is 0 Å². The Labute approximate surface area is 153 Å². The average Bonchev–Trinajstić information content (AvgIpc) is 3.04. The van der Waals surface area contributed by atoms with Crippen molar-refractivity contribution >= 4 is 6.03 Å². The lowest BCUT2D eigenvalue weighted by Gasteiger charge is -2.17. The van der Waals surface area contributed by atoms with Crippen LogP contribution in [0.1, 0.15) is 17.0 Å². The van der Waals surface area contributed by atoms with Crippen LogP contribution in [0.15, 0.2) is 54.9 Å². The Hall–Kier alpha value is -3.15. The van der Waals surface area contributed by atoms with Gasteiger partial charge < -0.3 is 10.2 Å². The topological polar surface area (TPSA) is 63.1 Å². The highest BCUT2D eigenvalue weighted by atomic mass is 16.2. The van der Waals surface area contributed by atoms with Gasteiger partial charge in [0.2, 0.25) is 0 Å². The van der Waals surface area contributed by atoms with Gasteiger partial charge in [-0.2, -0.15) is 5.10 Å². The molecule has 2 amide bonds. The Bertz CT molecular complexity index is 902. The summed E-state index contributed by atoms with van der Waals surface area (Å²) in [6.07, 6.45) is 1.48. The van der Waals surface area contributed by atoms with Gasteiger partial charge in [-0.15, -0.1) is 0 Å². The van der Waals surface area contributed by atoms with E-state index in [0.717, 1.165) is 17.0 Å². The van der Waals surface area contributed by atoms with E-state index in [-0.39, 0.29) is 6.03 Å². The maximum Gasteiger partial charge on any atom is 0.317 e. The monoisotopic (exact) mass is 349 g/mol.